The highest BCUT2D eigenvalue weighted by Gasteiger charge is 2.43. The van der Waals surface area contributed by atoms with Crippen LogP contribution >= 0.6 is 0 Å². The summed E-state index contributed by atoms with van der Waals surface area (Å²) in [5.41, 5.74) is -0.802. The van der Waals surface area contributed by atoms with E-state index in [0.29, 0.717) is 24.2 Å². The SMILES string of the molecule is C#Cc1c(F)ccc2cc(O)cc(-c3ncc4c(N(C)C[C@@H]5CCCN5C(=O)C=C)nc(OC[C@]5(C)C[C@@H](F)CN5c5ccc(F)cc5)nc4c3F)c12. The maximum atomic E-state index is 17.0. The third-order valence-corrected chi connectivity index (χ3v) is 10.1. The predicted molar refractivity (Wildman–Crippen MR) is 195 cm³/mol. The zero-order chi connectivity index (χ0) is 37.6. The lowest BCUT2D eigenvalue weighted by Crippen LogP contribution is -2.46. The Morgan fingerprint density at radius 1 is 1.19 bits per heavy atom. The number of ether oxygens (including phenoxy) is 1. The molecule has 9 nitrogen and oxygen atoms in total. The standard InChI is InChI=1S/C40H36F4N6O3/c1-5-29-32(43)14-9-23-16-28(51)17-30(34(23)29)36-35(44)37-31(19-45-36)38(48(4)21-27-8-7-15-49(27)33(52)6-2)47-39(46-37)53-22-40(3)18-25(42)20-50(40)26-12-10-24(41)11-13-26/h1,6,9-14,16-17,19,25,27,51H,2,7-8,15,18,20-22H2,3-4H3/t25-,27+,40+/m1/s1. The van der Waals surface area contributed by atoms with Gasteiger partial charge in [-0.1, -0.05) is 18.6 Å². The van der Waals surface area contributed by atoms with Crippen molar-refractivity contribution in [2.75, 3.05) is 43.1 Å². The molecule has 2 aliphatic rings. The molecule has 2 fully saturated rings. The fraction of sp³-hybridized carbons (Fsp3) is 0.300. The number of fused-ring (bicyclic) bond motifs is 2. The summed E-state index contributed by atoms with van der Waals surface area (Å²) in [6.07, 6.45) is 8.78. The average Bonchev–Trinajstić information content (AvgIpc) is 3.73. The Morgan fingerprint density at radius 3 is 2.70 bits per heavy atom. The minimum absolute atomic E-state index is 0.0507. The molecule has 2 aromatic heterocycles. The number of halogens is 4. The summed E-state index contributed by atoms with van der Waals surface area (Å²) in [6.45, 7) is 6.28. The zero-order valence-corrected chi connectivity index (χ0v) is 29.1. The number of pyridine rings is 1. The molecule has 3 aromatic carbocycles. The van der Waals surface area contributed by atoms with Gasteiger partial charge in [0.2, 0.25) is 5.91 Å². The summed E-state index contributed by atoms with van der Waals surface area (Å²) in [7, 11) is 1.75. The van der Waals surface area contributed by atoms with Crippen LogP contribution in [0, 0.1) is 29.8 Å². The molecule has 53 heavy (non-hydrogen) atoms. The van der Waals surface area contributed by atoms with Gasteiger partial charge in [-0.05, 0) is 73.7 Å². The van der Waals surface area contributed by atoms with Crippen LogP contribution in [0.2, 0.25) is 0 Å². The van der Waals surface area contributed by atoms with Gasteiger partial charge in [0.25, 0.3) is 0 Å². The third-order valence-electron chi connectivity index (χ3n) is 10.1. The number of amides is 1. The van der Waals surface area contributed by atoms with Gasteiger partial charge in [-0.25, -0.2) is 17.6 Å². The summed E-state index contributed by atoms with van der Waals surface area (Å²) in [4.78, 5) is 31.5. The first kappa shape index (κ1) is 35.5. The van der Waals surface area contributed by atoms with E-state index >= 15 is 4.39 Å². The van der Waals surface area contributed by atoms with Crippen LogP contribution in [-0.4, -0.2) is 81.9 Å². The van der Waals surface area contributed by atoms with Gasteiger partial charge in [0.05, 0.1) is 16.5 Å². The molecule has 5 aromatic rings. The van der Waals surface area contributed by atoms with Gasteiger partial charge < -0.3 is 24.5 Å². The van der Waals surface area contributed by atoms with E-state index < -0.39 is 29.2 Å². The molecule has 2 aliphatic heterocycles. The fourth-order valence-corrected chi connectivity index (χ4v) is 7.62. The second-order valence-corrected chi connectivity index (χ2v) is 13.8. The van der Waals surface area contributed by atoms with Crippen molar-refractivity contribution in [2.24, 2.45) is 0 Å². The van der Waals surface area contributed by atoms with E-state index in [-0.39, 0.29) is 82.2 Å². The lowest BCUT2D eigenvalue weighted by molar-refractivity contribution is -0.126. The second kappa shape index (κ2) is 13.9. The number of alkyl halides is 1. The van der Waals surface area contributed by atoms with E-state index in [2.05, 4.69) is 27.5 Å². The lowest BCUT2D eigenvalue weighted by atomic mass is 9.96. The number of anilines is 2. The summed E-state index contributed by atoms with van der Waals surface area (Å²) >= 11 is 0. The topological polar surface area (TPSA) is 94.9 Å². The number of nitrogens with zero attached hydrogens (tertiary/aromatic N) is 6. The van der Waals surface area contributed by atoms with Gasteiger partial charge in [0, 0.05) is 62.0 Å². The Hall–Kier alpha value is -5.90. The third kappa shape index (κ3) is 6.54. The number of carbonyl (C=O) groups is 1. The number of likely N-dealkylation sites (tertiary alicyclic amines) is 1. The van der Waals surface area contributed by atoms with Crippen molar-refractivity contribution in [1.82, 2.24) is 19.9 Å². The molecule has 7 rings (SSSR count). The normalized spacial score (nSPS) is 19.9. The molecule has 13 heteroatoms. The molecule has 1 amide bonds. The number of likely N-dealkylation sites (N-methyl/N-ethyl adjacent to an activating group) is 1. The second-order valence-electron chi connectivity index (χ2n) is 13.8. The van der Waals surface area contributed by atoms with Crippen molar-refractivity contribution in [1.29, 1.82) is 0 Å². The molecule has 0 radical (unpaired) electrons. The van der Waals surface area contributed by atoms with Crippen molar-refractivity contribution >= 4 is 39.1 Å². The molecule has 0 spiro atoms. The first-order chi connectivity index (χ1) is 25.4. The van der Waals surface area contributed by atoms with Crippen LogP contribution in [0.4, 0.5) is 29.1 Å². The monoisotopic (exact) mass is 724 g/mol. The number of hydrogen-bond donors (Lipinski definition) is 1. The smallest absolute Gasteiger partial charge is 0.319 e. The zero-order valence-electron chi connectivity index (χ0n) is 29.1. The molecular formula is C40H36F4N6O3. The van der Waals surface area contributed by atoms with Gasteiger partial charge in [-0.2, -0.15) is 9.97 Å². The first-order valence-electron chi connectivity index (χ1n) is 17.1. The number of terminal acetylenes is 1. The number of aromatic nitrogens is 3. The van der Waals surface area contributed by atoms with E-state index in [1.807, 2.05) is 6.92 Å². The predicted octanol–water partition coefficient (Wildman–Crippen LogP) is 6.95. The van der Waals surface area contributed by atoms with Crippen molar-refractivity contribution in [2.45, 2.75) is 43.9 Å². The molecule has 4 heterocycles. The quantitative estimate of drug-likeness (QED) is 0.0993. The van der Waals surface area contributed by atoms with Crippen molar-refractivity contribution < 1.29 is 32.2 Å². The highest BCUT2D eigenvalue weighted by Crippen LogP contribution is 2.40. The van der Waals surface area contributed by atoms with Crippen LogP contribution in [-0.2, 0) is 4.79 Å². The van der Waals surface area contributed by atoms with Crippen molar-refractivity contribution in [3.05, 3.63) is 90.4 Å². The van der Waals surface area contributed by atoms with E-state index in [1.54, 1.807) is 33.9 Å². The highest BCUT2D eigenvalue weighted by molar-refractivity contribution is 6.03. The molecule has 0 aliphatic carbocycles. The molecule has 1 N–H and O–H groups in total. The van der Waals surface area contributed by atoms with Crippen molar-refractivity contribution in [3.8, 4) is 35.4 Å². The Labute approximate surface area is 303 Å². The fourth-order valence-electron chi connectivity index (χ4n) is 7.62. The number of phenolic OH excluding ortho intramolecular Hbond substituents is 1. The van der Waals surface area contributed by atoms with Gasteiger partial charge >= 0.3 is 6.01 Å². The molecule has 0 unspecified atom stereocenters. The van der Waals surface area contributed by atoms with E-state index in [1.165, 1.54) is 48.7 Å². The van der Waals surface area contributed by atoms with Gasteiger partial charge in [0.1, 0.15) is 47.2 Å². The Bertz CT molecular complexity index is 2300. The highest BCUT2D eigenvalue weighted by atomic mass is 19.1. The molecular weight excluding hydrogens is 688 g/mol. The Balaban J connectivity index is 1.33. The van der Waals surface area contributed by atoms with Gasteiger partial charge in [-0.3, -0.25) is 9.78 Å². The summed E-state index contributed by atoms with van der Waals surface area (Å²) < 4.78 is 66.8. The molecule has 0 saturated carbocycles. The summed E-state index contributed by atoms with van der Waals surface area (Å²) in [5, 5.41) is 11.4. The van der Waals surface area contributed by atoms with Crippen molar-refractivity contribution in [3.63, 3.8) is 0 Å². The first-order valence-corrected chi connectivity index (χ1v) is 17.1. The van der Waals surface area contributed by atoms with Crippen LogP contribution in [0.25, 0.3) is 32.9 Å². The Kier molecular flexibility index (Phi) is 9.32. The number of hydrogen-bond acceptors (Lipinski definition) is 8. The average molecular weight is 725 g/mol. The van der Waals surface area contributed by atoms with Crippen LogP contribution in [0.5, 0.6) is 11.8 Å². The molecule has 0 bridgehead atoms. The maximum Gasteiger partial charge on any atom is 0.319 e. The summed E-state index contributed by atoms with van der Waals surface area (Å²) in [6, 6.07) is 10.6. The molecule has 3 atom stereocenters. The van der Waals surface area contributed by atoms with Crippen LogP contribution < -0.4 is 14.5 Å². The van der Waals surface area contributed by atoms with E-state index in [0.717, 1.165) is 12.8 Å². The Morgan fingerprint density at radius 2 is 1.96 bits per heavy atom. The molecule has 2 saturated heterocycles. The lowest BCUT2D eigenvalue weighted by Gasteiger charge is -2.36. The molecule has 272 valence electrons. The maximum absolute atomic E-state index is 17.0. The van der Waals surface area contributed by atoms with Crippen LogP contribution in [0.1, 0.15) is 31.7 Å². The minimum atomic E-state index is -1.19. The summed E-state index contributed by atoms with van der Waals surface area (Å²) in [5.74, 6) is 0.152. The van der Waals surface area contributed by atoms with Crippen LogP contribution in [0.15, 0.2) is 67.4 Å². The number of rotatable bonds is 9. The largest absolute Gasteiger partial charge is 0.508 e. The number of carbonyl (C=O) groups excluding carboxylic acids is 1. The van der Waals surface area contributed by atoms with E-state index in [4.69, 9.17) is 11.2 Å². The van der Waals surface area contributed by atoms with Crippen LogP contribution in [0.3, 0.4) is 0 Å². The minimum Gasteiger partial charge on any atom is -0.508 e. The number of phenols is 1. The van der Waals surface area contributed by atoms with Gasteiger partial charge in [-0.15, -0.1) is 6.42 Å². The van der Waals surface area contributed by atoms with E-state index in [9.17, 15) is 23.1 Å². The van der Waals surface area contributed by atoms with Gasteiger partial charge in [0.15, 0.2) is 5.82 Å². The number of aromatic hydroxyl groups is 1. The number of benzene rings is 3.